The lowest BCUT2D eigenvalue weighted by atomic mass is 9.94. The van der Waals surface area contributed by atoms with Crippen LogP contribution in [0.2, 0.25) is 0 Å². The molecule has 0 fully saturated rings. The quantitative estimate of drug-likeness (QED) is 0.687. The first kappa shape index (κ1) is 19.2. The van der Waals surface area contributed by atoms with Crippen LogP contribution in [0.1, 0.15) is 57.2 Å². The first-order valence-corrected chi connectivity index (χ1v) is 8.19. The molecule has 1 unspecified atom stereocenters. The average Bonchev–Trinajstić information content (AvgIpc) is 2.52. The highest BCUT2D eigenvalue weighted by Crippen LogP contribution is 2.18. The zero-order valence-electron chi connectivity index (χ0n) is 14.6. The number of hydrogen-bond acceptors (Lipinski definition) is 3. The Morgan fingerprint density at radius 3 is 2.22 bits per heavy atom. The van der Waals surface area contributed by atoms with Gasteiger partial charge >= 0.3 is 0 Å². The van der Waals surface area contributed by atoms with Gasteiger partial charge in [0, 0.05) is 19.0 Å². The van der Waals surface area contributed by atoms with Crippen LogP contribution in [0.25, 0.3) is 0 Å². The van der Waals surface area contributed by atoms with Crippen molar-refractivity contribution in [2.45, 2.75) is 58.5 Å². The highest BCUT2D eigenvalue weighted by Gasteiger charge is 2.22. The fourth-order valence-corrected chi connectivity index (χ4v) is 2.33. The Bertz CT molecular complexity index is 522. The first-order chi connectivity index (χ1) is 10.8. The summed E-state index contributed by atoms with van der Waals surface area (Å²) in [6.07, 6.45) is 1.81. The van der Waals surface area contributed by atoms with Crippen molar-refractivity contribution >= 4 is 11.8 Å². The topological polar surface area (TPSA) is 84.2 Å². The third-order valence-corrected chi connectivity index (χ3v) is 4.29. The van der Waals surface area contributed by atoms with Crippen molar-refractivity contribution in [3.8, 4) is 0 Å². The van der Waals surface area contributed by atoms with Crippen LogP contribution in [-0.4, -0.2) is 23.9 Å². The molecule has 1 atom stereocenters. The van der Waals surface area contributed by atoms with E-state index < -0.39 is 0 Å². The summed E-state index contributed by atoms with van der Waals surface area (Å²) in [6.45, 7) is 7.93. The minimum atomic E-state index is -0.372. The Morgan fingerprint density at radius 1 is 1.17 bits per heavy atom. The van der Waals surface area contributed by atoms with Gasteiger partial charge in [-0.3, -0.25) is 9.59 Å². The van der Waals surface area contributed by atoms with E-state index in [0.717, 1.165) is 24.0 Å². The molecule has 2 amide bonds. The van der Waals surface area contributed by atoms with Crippen LogP contribution in [0.15, 0.2) is 24.3 Å². The summed E-state index contributed by atoms with van der Waals surface area (Å²) in [5.41, 5.74) is 7.89. The number of nitrogens with two attached hydrogens (primary N) is 1. The molecule has 128 valence electrons. The summed E-state index contributed by atoms with van der Waals surface area (Å²) in [5.74, 6) is -0.264. The van der Waals surface area contributed by atoms with Gasteiger partial charge < -0.3 is 16.4 Å². The number of amides is 2. The molecular weight excluding hydrogens is 290 g/mol. The molecule has 0 saturated heterocycles. The fourth-order valence-electron chi connectivity index (χ4n) is 2.33. The van der Waals surface area contributed by atoms with Gasteiger partial charge in [-0.1, -0.05) is 43.7 Å². The maximum Gasteiger partial charge on any atom is 0.222 e. The van der Waals surface area contributed by atoms with E-state index in [2.05, 4.69) is 10.6 Å². The van der Waals surface area contributed by atoms with Crippen LogP contribution in [0.3, 0.4) is 0 Å². The molecule has 0 aliphatic heterocycles. The second kappa shape index (κ2) is 8.67. The number of carbonyl (C=O) groups excluding carboxylic acids is 2. The van der Waals surface area contributed by atoms with E-state index in [1.165, 1.54) is 6.92 Å². The summed E-state index contributed by atoms with van der Waals surface area (Å²) in [7, 11) is 0. The molecule has 4 N–H and O–H groups in total. The van der Waals surface area contributed by atoms with Crippen molar-refractivity contribution in [1.82, 2.24) is 10.6 Å². The van der Waals surface area contributed by atoms with Gasteiger partial charge in [-0.25, -0.2) is 0 Å². The summed E-state index contributed by atoms with van der Waals surface area (Å²) in [6, 6.07) is 7.49. The predicted octanol–water partition coefficient (Wildman–Crippen LogP) is 2.20. The second-order valence-electron chi connectivity index (χ2n) is 6.21. The minimum absolute atomic E-state index is 0.110. The Kier molecular flexibility index (Phi) is 7.23. The molecule has 5 nitrogen and oxygen atoms in total. The summed E-state index contributed by atoms with van der Waals surface area (Å²) >= 11 is 0. The number of nitrogens with one attached hydrogen (secondary N) is 2. The normalized spacial score (nSPS) is 12.6. The van der Waals surface area contributed by atoms with E-state index in [-0.39, 0.29) is 29.8 Å². The van der Waals surface area contributed by atoms with Crippen molar-refractivity contribution in [3.05, 3.63) is 35.4 Å². The van der Waals surface area contributed by atoms with Crippen LogP contribution in [0.5, 0.6) is 0 Å². The van der Waals surface area contributed by atoms with Crippen LogP contribution < -0.4 is 16.4 Å². The Balaban J connectivity index is 2.71. The van der Waals surface area contributed by atoms with E-state index in [0.29, 0.717) is 6.54 Å². The van der Waals surface area contributed by atoms with Crippen molar-refractivity contribution in [1.29, 1.82) is 0 Å². The molecule has 0 aliphatic rings. The first-order valence-electron chi connectivity index (χ1n) is 8.19. The highest BCUT2D eigenvalue weighted by molar-refractivity contribution is 5.79. The fraction of sp³-hybridized carbons (Fsp3) is 0.556. The Morgan fingerprint density at radius 2 is 1.74 bits per heavy atom. The highest BCUT2D eigenvalue weighted by atomic mass is 16.2. The van der Waals surface area contributed by atoms with E-state index in [1.54, 1.807) is 0 Å². The van der Waals surface area contributed by atoms with E-state index >= 15 is 0 Å². The zero-order chi connectivity index (χ0) is 17.5. The van der Waals surface area contributed by atoms with Crippen LogP contribution >= 0.6 is 0 Å². The van der Waals surface area contributed by atoms with E-state index in [9.17, 15) is 9.59 Å². The molecule has 0 aliphatic carbocycles. The Labute approximate surface area is 139 Å². The number of rotatable bonds is 8. The second-order valence-corrected chi connectivity index (χ2v) is 6.21. The molecule has 0 saturated carbocycles. The maximum absolute atomic E-state index is 12.2. The van der Waals surface area contributed by atoms with Gasteiger partial charge in [0.2, 0.25) is 11.8 Å². The molecule has 5 heteroatoms. The molecule has 1 rings (SSSR count). The van der Waals surface area contributed by atoms with Gasteiger partial charge in [-0.05, 0) is 25.3 Å². The minimum Gasteiger partial charge on any atom is -0.354 e. The molecule has 0 bridgehead atoms. The maximum atomic E-state index is 12.2. The summed E-state index contributed by atoms with van der Waals surface area (Å²) < 4.78 is 0. The lowest BCUT2D eigenvalue weighted by Crippen LogP contribution is -2.49. The zero-order valence-corrected chi connectivity index (χ0v) is 14.6. The molecular formula is C18H29N3O2. The molecule has 1 aromatic rings. The third-order valence-electron chi connectivity index (χ3n) is 4.29. The van der Waals surface area contributed by atoms with Crippen molar-refractivity contribution < 1.29 is 9.59 Å². The van der Waals surface area contributed by atoms with Crippen molar-refractivity contribution in [2.75, 3.05) is 6.54 Å². The predicted molar refractivity (Wildman–Crippen MR) is 92.9 cm³/mol. The van der Waals surface area contributed by atoms with Crippen LogP contribution in [-0.2, 0) is 9.59 Å². The molecule has 0 heterocycles. The standard InChI is InChI=1S/C18H29N3O2/c1-5-18(19,6-2)12-20-17(23)11-16(21-14(4)22)15-9-7-13(3)8-10-15/h7-10,16H,5-6,11-12,19H2,1-4H3,(H,20,23)(H,21,22). The van der Waals surface area contributed by atoms with E-state index in [4.69, 9.17) is 5.73 Å². The third kappa shape index (κ3) is 6.40. The lowest BCUT2D eigenvalue weighted by molar-refractivity contribution is -0.123. The number of benzene rings is 1. The largest absolute Gasteiger partial charge is 0.354 e. The van der Waals surface area contributed by atoms with Crippen molar-refractivity contribution in [3.63, 3.8) is 0 Å². The van der Waals surface area contributed by atoms with Crippen molar-refractivity contribution in [2.24, 2.45) is 5.73 Å². The van der Waals surface area contributed by atoms with Gasteiger partial charge in [-0.15, -0.1) is 0 Å². The SMILES string of the molecule is CCC(N)(CC)CNC(=O)CC(NC(C)=O)c1ccc(C)cc1. The lowest BCUT2D eigenvalue weighted by Gasteiger charge is -2.27. The summed E-state index contributed by atoms with van der Waals surface area (Å²) in [5, 5.41) is 5.74. The number of carbonyl (C=O) groups is 2. The smallest absolute Gasteiger partial charge is 0.222 e. The van der Waals surface area contributed by atoms with Gasteiger partial charge in [0.1, 0.15) is 0 Å². The monoisotopic (exact) mass is 319 g/mol. The number of aryl methyl sites for hydroxylation is 1. The molecule has 0 aromatic heterocycles. The van der Waals surface area contributed by atoms with Crippen LogP contribution in [0, 0.1) is 6.92 Å². The Hall–Kier alpha value is -1.88. The van der Waals surface area contributed by atoms with Crippen LogP contribution in [0.4, 0.5) is 0 Å². The molecule has 1 aromatic carbocycles. The van der Waals surface area contributed by atoms with Gasteiger partial charge in [0.25, 0.3) is 0 Å². The number of hydrogen-bond donors (Lipinski definition) is 3. The van der Waals surface area contributed by atoms with E-state index in [1.807, 2.05) is 45.0 Å². The van der Waals surface area contributed by atoms with Gasteiger partial charge in [-0.2, -0.15) is 0 Å². The van der Waals surface area contributed by atoms with Gasteiger partial charge in [0.05, 0.1) is 12.5 Å². The summed E-state index contributed by atoms with van der Waals surface area (Å²) in [4.78, 5) is 23.7. The molecule has 23 heavy (non-hydrogen) atoms. The molecule has 0 spiro atoms. The van der Waals surface area contributed by atoms with Gasteiger partial charge in [0.15, 0.2) is 0 Å². The average molecular weight is 319 g/mol. The molecule has 0 radical (unpaired) electrons.